The first-order valence-corrected chi connectivity index (χ1v) is 8.24. The number of nitriles is 1. The maximum Gasteiger partial charge on any atom is 0.224 e. The zero-order valence-corrected chi connectivity index (χ0v) is 14.4. The number of ether oxygens (including phenoxy) is 1. The predicted octanol–water partition coefficient (Wildman–Crippen LogP) is 1.38. The van der Waals surface area contributed by atoms with Crippen molar-refractivity contribution in [1.29, 1.82) is 5.26 Å². The van der Waals surface area contributed by atoms with Crippen molar-refractivity contribution in [3.8, 4) is 6.07 Å². The fourth-order valence-electron chi connectivity index (χ4n) is 2.99. The lowest BCUT2D eigenvalue weighted by atomic mass is 10.1. The number of anilines is 2. The standard InChI is InChI=1S/C18H22N6O/c1-20-18-21-8-7-17(23-18)24-11-15(16(12-24)25-2)22-10-14-5-3-13(9-19)4-6-14/h3-8,15-16,22H,10-12H2,1-2H3,(H,20,21,23)/t15-,16+/m1/s1. The highest BCUT2D eigenvalue weighted by Crippen LogP contribution is 2.21. The van der Waals surface area contributed by atoms with E-state index in [4.69, 9.17) is 10.00 Å². The summed E-state index contributed by atoms with van der Waals surface area (Å²) in [5.74, 6) is 1.50. The van der Waals surface area contributed by atoms with Crippen molar-refractivity contribution >= 4 is 11.8 Å². The molecule has 130 valence electrons. The third-order valence-electron chi connectivity index (χ3n) is 4.41. The summed E-state index contributed by atoms with van der Waals surface area (Å²) in [5, 5.41) is 15.4. The van der Waals surface area contributed by atoms with Gasteiger partial charge in [-0.1, -0.05) is 12.1 Å². The molecule has 0 spiro atoms. The second-order valence-electron chi connectivity index (χ2n) is 5.96. The van der Waals surface area contributed by atoms with Gasteiger partial charge in [-0.25, -0.2) is 4.98 Å². The normalized spacial score (nSPS) is 19.6. The molecule has 1 aromatic carbocycles. The lowest BCUT2D eigenvalue weighted by Crippen LogP contribution is -2.39. The van der Waals surface area contributed by atoms with E-state index < -0.39 is 0 Å². The summed E-state index contributed by atoms with van der Waals surface area (Å²) in [7, 11) is 3.55. The highest BCUT2D eigenvalue weighted by Gasteiger charge is 2.33. The molecule has 25 heavy (non-hydrogen) atoms. The molecular weight excluding hydrogens is 316 g/mol. The molecule has 1 fully saturated rings. The van der Waals surface area contributed by atoms with Crippen LogP contribution in [0.4, 0.5) is 11.8 Å². The van der Waals surface area contributed by atoms with Crippen molar-refractivity contribution in [2.75, 3.05) is 37.5 Å². The second kappa shape index (κ2) is 7.92. The highest BCUT2D eigenvalue weighted by molar-refractivity contribution is 5.44. The van der Waals surface area contributed by atoms with Crippen LogP contribution >= 0.6 is 0 Å². The van der Waals surface area contributed by atoms with Crippen LogP contribution in [0.25, 0.3) is 0 Å². The summed E-state index contributed by atoms with van der Waals surface area (Å²) in [4.78, 5) is 10.9. The zero-order valence-electron chi connectivity index (χ0n) is 14.4. The van der Waals surface area contributed by atoms with E-state index in [0.717, 1.165) is 31.0 Å². The Morgan fingerprint density at radius 2 is 2.08 bits per heavy atom. The van der Waals surface area contributed by atoms with Crippen molar-refractivity contribution in [2.45, 2.75) is 18.7 Å². The molecule has 0 bridgehead atoms. The Morgan fingerprint density at radius 3 is 2.76 bits per heavy atom. The fourth-order valence-corrected chi connectivity index (χ4v) is 2.99. The van der Waals surface area contributed by atoms with Crippen LogP contribution in [0.3, 0.4) is 0 Å². The van der Waals surface area contributed by atoms with Gasteiger partial charge in [-0.3, -0.25) is 0 Å². The van der Waals surface area contributed by atoms with Crippen LogP contribution in [0.5, 0.6) is 0 Å². The Bertz CT molecular complexity index is 742. The Hall–Kier alpha value is -2.69. The number of rotatable bonds is 6. The van der Waals surface area contributed by atoms with Gasteiger partial charge in [0.1, 0.15) is 5.82 Å². The third kappa shape index (κ3) is 4.05. The van der Waals surface area contributed by atoms with Gasteiger partial charge in [-0.15, -0.1) is 0 Å². The van der Waals surface area contributed by atoms with Gasteiger partial charge in [0.25, 0.3) is 0 Å². The molecule has 2 aromatic rings. The van der Waals surface area contributed by atoms with Crippen LogP contribution in [0.15, 0.2) is 36.5 Å². The number of aromatic nitrogens is 2. The quantitative estimate of drug-likeness (QED) is 0.823. The van der Waals surface area contributed by atoms with E-state index in [1.54, 1.807) is 13.3 Å². The van der Waals surface area contributed by atoms with Gasteiger partial charge in [-0.2, -0.15) is 10.2 Å². The number of hydrogen-bond donors (Lipinski definition) is 2. The summed E-state index contributed by atoms with van der Waals surface area (Å²) in [6.07, 6.45) is 1.85. The Labute approximate surface area is 147 Å². The number of benzene rings is 1. The summed E-state index contributed by atoms with van der Waals surface area (Å²) >= 11 is 0. The van der Waals surface area contributed by atoms with E-state index in [0.29, 0.717) is 11.5 Å². The van der Waals surface area contributed by atoms with Crippen LogP contribution in [0, 0.1) is 11.3 Å². The summed E-state index contributed by atoms with van der Waals surface area (Å²) < 4.78 is 5.65. The van der Waals surface area contributed by atoms with E-state index >= 15 is 0 Å². The van der Waals surface area contributed by atoms with E-state index in [-0.39, 0.29) is 12.1 Å². The fraction of sp³-hybridized carbons (Fsp3) is 0.389. The van der Waals surface area contributed by atoms with E-state index in [2.05, 4.69) is 31.6 Å². The van der Waals surface area contributed by atoms with Crippen molar-refractivity contribution in [1.82, 2.24) is 15.3 Å². The minimum atomic E-state index is 0.0892. The zero-order chi connectivity index (χ0) is 17.6. The summed E-state index contributed by atoms with van der Waals surface area (Å²) in [6.45, 7) is 2.33. The molecule has 7 heteroatoms. The first-order valence-electron chi connectivity index (χ1n) is 8.24. The molecule has 1 aromatic heterocycles. The van der Waals surface area contributed by atoms with Crippen molar-refractivity contribution in [2.24, 2.45) is 0 Å². The van der Waals surface area contributed by atoms with Gasteiger partial charge in [0.2, 0.25) is 5.95 Å². The number of hydrogen-bond acceptors (Lipinski definition) is 7. The van der Waals surface area contributed by atoms with E-state index in [1.165, 1.54) is 0 Å². The minimum absolute atomic E-state index is 0.0892. The molecule has 0 radical (unpaired) electrons. The van der Waals surface area contributed by atoms with Gasteiger partial charge in [0.05, 0.1) is 23.8 Å². The van der Waals surface area contributed by atoms with Crippen LogP contribution in [0.2, 0.25) is 0 Å². The molecule has 2 heterocycles. The first-order chi connectivity index (χ1) is 12.2. The Balaban J connectivity index is 1.63. The average molecular weight is 338 g/mol. The lowest BCUT2D eigenvalue weighted by molar-refractivity contribution is 0.0967. The van der Waals surface area contributed by atoms with Crippen LogP contribution in [0.1, 0.15) is 11.1 Å². The molecule has 1 aliphatic heterocycles. The second-order valence-corrected chi connectivity index (χ2v) is 5.96. The largest absolute Gasteiger partial charge is 0.378 e. The monoisotopic (exact) mass is 338 g/mol. The number of methoxy groups -OCH3 is 1. The third-order valence-corrected chi connectivity index (χ3v) is 4.41. The van der Waals surface area contributed by atoms with E-state index in [1.807, 2.05) is 37.4 Å². The maximum atomic E-state index is 8.87. The molecule has 1 saturated heterocycles. The first kappa shape index (κ1) is 17.1. The molecule has 0 aliphatic carbocycles. The Kier molecular flexibility index (Phi) is 5.43. The summed E-state index contributed by atoms with van der Waals surface area (Å²) in [5.41, 5.74) is 1.82. The van der Waals surface area contributed by atoms with Crippen LogP contribution in [-0.2, 0) is 11.3 Å². The van der Waals surface area contributed by atoms with Gasteiger partial charge in [0.15, 0.2) is 0 Å². The molecule has 2 atom stereocenters. The summed E-state index contributed by atoms with van der Waals surface area (Å²) in [6, 6.07) is 11.9. The number of nitrogens with one attached hydrogen (secondary N) is 2. The van der Waals surface area contributed by atoms with E-state index in [9.17, 15) is 0 Å². The maximum absolute atomic E-state index is 8.87. The van der Waals surface area contributed by atoms with Gasteiger partial charge in [0, 0.05) is 40.0 Å². The molecule has 0 unspecified atom stereocenters. The van der Waals surface area contributed by atoms with Gasteiger partial charge in [-0.05, 0) is 23.8 Å². The van der Waals surface area contributed by atoms with Crippen LogP contribution in [-0.4, -0.2) is 49.4 Å². The van der Waals surface area contributed by atoms with Gasteiger partial charge < -0.3 is 20.3 Å². The van der Waals surface area contributed by atoms with Crippen molar-refractivity contribution in [3.05, 3.63) is 47.7 Å². The predicted molar refractivity (Wildman–Crippen MR) is 96.4 cm³/mol. The molecule has 2 N–H and O–H groups in total. The molecular formula is C18H22N6O. The minimum Gasteiger partial charge on any atom is -0.378 e. The lowest BCUT2D eigenvalue weighted by Gasteiger charge is -2.18. The SMILES string of the molecule is CNc1nccc(N2C[C@H](OC)[C@H](NCc3ccc(C#N)cc3)C2)n1. The molecule has 0 amide bonds. The van der Waals surface area contributed by atoms with Crippen LogP contribution < -0.4 is 15.5 Å². The average Bonchev–Trinajstić information content (AvgIpc) is 3.10. The van der Waals surface area contributed by atoms with Gasteiger partial charge >= 0.3 is 0 Å². The van der Waals surface area contributed by atoms with Crippen molar-refractivity contribution in [3.63, 3.8) is 0 Å². The smallest absolute Gasteiger partial charge is 0.224 e. The Morgan fingerprint density at radius 1 is 1.28 bits per heavy atom. The molecule has 1 aliphatic rings. The topological polar surface area (TPSA) is 86.1 Å². The molecule has 7 nitrogen and oxygen atoms in total. The molecule has 0 saturated carbocycles. The van der Waals surface area contributed by atoms with Crippen molar-refractivity contribution < 1.29 is 4.74 Å². The highest BCUT2D eigenvalue weighted by atomic mass is 16.5. The molecule has 3 rings (SSSR count). The number of nitrogens with zero attached hydrogens (tertiary/aromatic N) is 4.